The van der Waals surface area contributed by atoms with E-state index in [1.54, 1.807) is 38.1 Å². The van der Waals surface area contributed by atoms with Gasteiger partial charge in [0, 0.05) is 13.1 Å². The first-order valence-corrected chi connectivity index (χ1v) is 12.2. The number of carbonyl (C=O) groups is 2. The number of ether oxygens (including phenoxy) is 2. The fourth-order valence-corrected chi connectivity index (χ4v) is 4.65. The monoisotopic (exact) mass is 502 g/mol. The summed E-state index contributed by atoms with van der Waals surface area (Å²) in [5.41, 5.74) is 0.674. The highest BCUT2D eigenvalue weighted by molar-refractivity contribution is 7.89. The number of sulfonamides is 1. The number of esters is 1. The van der Waals surface area contributed by atoms with Crippen LogP contribution in [0.15, 0.2) is 57.9 Å². The normalized spacial score (nSPS) is 11.3. The average Bonchev–Trinajstić information content (AvgIpc) is 3.30. The number of carbonyl (C=O) groups excluding carboxylic acids is 2. The number of methoxy groups -OCH3 is 1. The zero-order valence-electron chi connectivity index (χ0n) is 19.6. The first-order chi connectivity index (χ1) is 16.8. The number of hydrogen-bond acceptors (Lipinski definition) is 9. The Morgan fingerprint density at radius 3 is 2.40 bits per heavy atom. The van der Waals surface area contributed by atoms with Crippen LogP contribution in [0.5, 0.6) is 5.75 Å². The summed E-state index contributed by atoms with van der Waals surface area (Å²) in [5, 5.41) is 6.42. The molecule has 0 radical (unpaired) electrons. The van der Waals surface area contributed by atoms with Gasteiger partial charge in [-0.25, -0.2) is 13.2 Å². The van der Waals surface area contributed by atoms with E-state index in [-0.39, 0.29) is 41.1 Å². The van der Waals surface area contributed by atoms with Gasteiger partial charge in [-0.3, -0.25) is 4.79 Å². The second-order valence-electron chi connectivity index (χ2n) is 7.22. The molecule has 1 N–H and O–H groups in total. The average molecular weight is 503 g/mol. The van der Waals surface area contributed by atoms with E-state index in [0.29, 0.717) is 24.5 Å². The molecule has 3 rings (SSSR count). The van der Waals surface area contributed by atoms with Gasteiger partial charge in [0.05, 0.1) is 29.7 Å². The van der Waals surface area contributed by atoms with Gasteiger partial charge in [0.2, 0.25) is 15.9 Å². The van der Waals surface area contributed by atoms with E-state index in [1.165, 1.54) is 35.7 Å². The Morgan fingerprint density at radius 1 is 1.06 bits per heavy atom. The van der Waals surface area contributed by atoms with Gasteiger partial charge in [-0.05, 0) is 36.4 Å². The lowest BCUT2D eigenvalue weighted by molar-refractivity contribution is -0.115. The van der Waals surface area contributed by atoms with Gasteiger partial charge in [0.1, 0.15) is 5.75 Å². The standard InChI is InChI=1S/C23H26N4O7S/c1-4-27(5-2)35(30,31)17-12-10-16(11-13-17)23(29)33-15-22-25-20(26-34-22)14-21(28)24-18-8-6-7-9-19(18)32-3/h6-13H,4-5,14-15H2,1-3H3,(H,24,28). The Hall–Kier alpha value is -3.77. The molecule has 0 aliphatic carbocycles. The summed E-state index contributed by atoms with van der Waals surface area (Å²) in [6.45, 7) is 3.89. The molecule has 11 nitrogen and oxygen atoms in total. The van der Waals surface area contributed by atoms with Crippen LogP contribution in [-0.2, 0) is 32.6 Å². The molecule has 186 valence electrons. The predicted octanol–water partition coefficient (Wildman–Crippen LogP) is 2.65. The molecular formula is C23H26N4O7S. The van der Waals surface area contributed by atoms with Gasteiger partial charge in [-0.15, -0.1) is 0 Å². The maximum atomic E-state index is 12.5. The molecule has 0 aliphatic heterocycles. The Bertz CT molecular complexity index is 1270. The van der Waals surface area contributed by atoms with Crippen molar-refractivity contribution < 1.29 is 32.0 Å². The number of hydrogen-bond donors (Lipinski definition) is 1. The van der Waals surface area contributed by atoms with E-state index in [1.807, 2.05) is 0 Å². The SMILES string of the molecule is CCN(CC)S(=O)(=O)c1ccc(C(=O)OCc2nc(CC(=O)Nc3ccccc3OC)no2)cc1. The van der Waals surface area contributed by atoms with Crippen molar-refractivity contribution in [2.24, 2.45) is 0 Å². The molecule has 3 aromatic rings. The molecule has 0 spiro atoms. The third kappa shape index (κ3) is 6.43. The number of benzene rings is 2. The predicted molar refractivity (Wildman–Crippen MR) is 125 cm³/mol. The second kappa shape index (κ2) is 11.6. The summed E-state index contributed by atoms with van der Waals surface area (Å²) in [7, 11) is -2.12. The molecule has 12 heteroatoms. The van der Waals surface area contributed by atoms with E-state index >= 15 is 0 Å². The zero-order valence-corrected chi connectivity index (χ0v) is 20.4. The first kappa shape index (κ1) is 25.8. The van der Waals surface area contributed by atoms with Crippen molar-refractivity contribution in [3.05, 3.63) is 65.8 Å². The Balaban J connectivity index is 1.55. The van der Waals surface area contributed by atoms with Crippen molar-refractivity contribution in [1.29, 1.82) is 0 Å². The van der Waals surface area contributed by atoms with Crippen LogP contribution in [0.4, 0.5) is 5.69 Å². The summed E-state index contributed by atoms with van der Waals surface area (Å²) < 4.78 is 41.8. The van der Waals surface area contributed by atoms with Crippen molar-refractivity contribution >= 4 is 27.6 Å². The first-order valence-electron chi connectivity index (χ1n) is 10.8. The summed E-state index contributed by atoms with van der Waals surface area (Å²) in [5.74, 6) is -0.419. The van der Waals surface area contributed by atoms with Crippen molar-refractivity contribution in [2.75, 3.05) is 25.5 Å². The topological polar surface area (TPSA) is 141 Å². The molecule has 0 fully saturated rings. The molecule has 1 heterocycles. The Kier molecular flexibility index (Phi) is 8.55. The molecule has 0 saturated heterocycles. The van der Waals surface area contributed by atoms with E-state index in [0.717, 1.165) is 0 Å². The minimum atomic E-state index is -3.62. The second-order valence-corrected chi connectivity index (χ2v) is 9.16. The molecule has 0 unspecified atom stereocenters. The van der Waals surface area contributed by atoms with Crippen LogP contribution in [0.1, 0.15) is 35.9 Å². The Morgan fingerprint density at radius 2 is 1.74 bits per heavy atom. The van der Waals surface area contributed by atoms with Gasteiger partial charge >= 0.3 is 5.97 Å². The van der Waals surface area contributed by atoms with Crippen LogP contribution < -0.4 is 10.1 Å². The maximum Gasteiger partial charge on any atom is 0.338 e. The number of nitrogens with one attached hydrogen (secondary N) is 1. The summed E-state index contributed by atoms with van der Waals surface area (Å²) in [4.78, 5) is 28.7. The van der Waals surface area contributed by atoms with Crippen LogP contribution in [0.3, 0.4) is 0 Å². The highest BCUT2D eigenvalue weighted by Gasteiger charge is 2.22. The largest absolute Gasteiger partial charge is 0.495 e. The van der Waals surface area contributed by atoms with Crippen molar-refractivity contribution in [1.82, 2.24) is 14.4 Å². The molecule has 0 bridgehead atoms. The van der Waals surface area contributed by atoms with Gasteiger partial charge in [-0.2, -0.15) is 9.29 Å². The minimum Gasteiger partial charge on any atom is -0.495 e. The maximum absolute atomic E-state index is 12.5. The van der Waals surface area contributed by atoms with Crippen molar-refractivity contribution in [3.8, 4) is 5.75 Å². The third-order valence-corrected chi connectivity index (χ3v) is 7.03. The zero-order chi connectivity index (χ0) is 25.4. The van der Waals surface area contributed by atoms with E-state index in [9.17, 15) is 18.0 Å². The number of para-hydroxylation sites is 2. The highest BCUT2D eigenvalue weighted by Crippen LogP contribution is 2.23. The lowest BCUT2D eigenvalue weighted by Gasteiger charge is -2.18. The van der Waals surface area contributed by atoms with E-state index in [4.69, 9.17) is 14.0 Å². The number of aromatic nitrogens is 2. The summed E-state index contributed by atoms with van der Waals surface area (Å²) >= 11 is 0. The minimum absolute atomic E-state index is 0.0131. The smallest absolute Gasteiger partial charge is 0.338 e. The van der Waals surface area contributed by atoms with Gasteiger partial charge < -0.3 is 19.3 Å². The van der Waals surface area contributed by atoms with Crippen LogP contribution in [0, 0.1) is 0 Å². The van der Waals surface area contributed by atoms with E-state index in [2.05, 4.69) is 15.5 Å². The number of amides is 1. The van der Waals surface area contributed by atoms with Gasteiger partial charge in [-0.1, -0.05) is 31.1 Å². The molecule has 0 saturated carbocycles. The number of nitrogens with zero attached hydrogens (tertiary/aromatic N) is 3. The lowest BCUT2D eigenvalue weighted by Crippen LogP contribution is -2.30. The third-order valence-electron chi connectivity index (χ3n) is 4.97. The van der Waals surface area contributed by atoms with E-state index < -0.39 is 16.0 Å². The quantitative estimate of drug-likeness (QED) is 0.392. The molecular weight excluding hydrogens is 476 g/mol. The number of rotatable bonds is 11. The van der Waals surface area contributed by atoms with Crippen molar-refractivity contribution in [3.63, 3.8) is 0 Å². The summed E-state index contributed by atoms with van der Waals surface area (Å²) in [6.07, 6.45) is -0.155. The van der Waals surface area contributed by atoms with Gasteiger partial charge in [0.15, 0.2) is 12.4 Å². The fourth-order valence-electron chi connectivity index (χ4n) is 3.19. The van der Waals surface area contributed by atoms with Crippen molar-refractivity contribution in [2.45, 2.75) is 31.8 Å². The van der Waals surface area contributed by atoms with Crippen LogP contribution >= 0.6 is 0 Å². The molecule has 35 heavy (non-hydrogen) atoms. The highest BCUT2D eigenvalue weighted by atomic mass is 32.2. The molecule has 1 aromatic heterocycles. The van der Waals surface area contributed by atoms with Gasteiger partial charge in [0.25, 0.3) is 5.89 Å². The van der Waals surface area contributed by atoms with Crippen LogP contribution in [0.25, 0.3) is 0 Å². The Labute approximate surface area is 203 Å². The van der Waals surface area contributed by atoms with Crippen LogP contribution in [-0.4, -0.2) is 54.9 Å². The molecule has 0 atom stereocenters. The summed E-state index contributed by atoms with van der Waals surface area (Å²) in [6, 6.07) is 12.4. The lowest BCUT2D eigenvalue weighted by atomic mass is 10.2. The fraction of sp³-hybridized carbons (Fsp3) is 0.304. The number of anilines is 1. The molecule has 2 aromatic carbocycles. The molecule has 1 amide bonds. The molecule has 0 aliphatic rings. The van der Waals surface area contributed by atoms with Crippen LogP contribution in [0.2, 0.25) is 0 Å².